The zero-order valence-corrected chi connectivity index (χ0v) is 9.45. The Morgan fingerprint density at radius 2 is 1.60 bits per heavy atom. The number of hydrogen-bond donors (Lipinski definition) is 1. The molecule has 4 nitrogen and oxygen atoms in total. The largest absolute Gasteiger partial charge is 0.353 e. The molecular weight excluding hydrogens is 260 g/mol. The van der Waals surface area contributed by atoms with Gasteiger partial charge in [-0.1, -0.05) is 15.9 Å². The third kappa shape index (κ3) is 2.36. The second kappa shape index (κ2) is 4.02. The first-order chi connectivity index (χ1) is 7.15. The van der Waals surface area contributed by atoms with Gasteiger partial charge in [0.15, 0.2) is 0 Å². The molecule has 15 heavy (non-hydrogen) atoms. The Balaban J connectivity index is 2.19. The van der Waals surface area contributed by atoms with Gasteiger partial charge in [0.05, 0.1) is 13.1 Å². The van der Waals surface area contributed by atoms with Crippen LogP contribution in [0.5, 0.6) is 0 Å². The summed E-state index contributed by atoms with van der Waals surface area (Å²) in [7, 11) is 0. The summed E-state index contributed by atoms with van der Waals surface area (Å²) in [6.45, 7) is 0.459. The number of hydrogen-bond acceptors (Lipinski definition) is 3. The highest BCUT2D eigenvalue weighted by Crippen LogP contribution is 2.18. The van der Waals surface area contributed by atoms with E-state index in [1.807, 2.05) is 24.3 Å². The highest BCUT2D eigenvalue weighted by molar-refractivity contribution is 9.10. The van der Waals surface area contributed by atoms with Crippen LogP contribution in [-0.2, 0) is 9.59 Å². The maximum Gasteiger partial charge on any atom is 0.246 e. The van der Waals surface area contributed by atoms with E-state index in [1.54, 1.807) is 4.90 Å². The number of nitrogens with zero attached hydrogens (tertiary/aromatic N) is 1. The van der Waals surface area contributed by atoms with Gasteiger partial charge in [0.2, 0.25) is 11.8 Å². The molecule has 78 valence electrons. The van der Waals surface area contributed by atoms with Gasteiger partial charge in [0.1, 0.15) is 0 Å². The van der Waals surface area contributed by atoms with Crippen molar-refractivity contribution in [1.29, 1.82) is 0 Å². The lowest BCUT2D eigenvalue weighted by atomic mass is 10.2. The predicted octanol–water partition coefficient (Wildman–Crippen LogP) is 0.912. The number of carbonyl (C=O) groups excluding carboxylic acids is 2. The molecule has 0 aliphatic carbocycles. The molecule has 0 bridgehead atoms. The van der Waals surface area contributed by atoms with Crippen LogP contribution in [0.4, 0.5) is 5.69 Å². The molecule has 0 atom stereocenters. The summed E-state index contributed by atoms with van der Waals surface area (Å²) in [4.78, 5) is 24.0. The molecule has 1 aromatic rings. The Morgan fingerprint density at radius 1 is 1.07 bits per heavy atom. The van der Waals surface area contributed by atoms with Crippen molar-refractivity contribution in [3.63, 3.8) is 0 Å². The van der Waals surface area contributed by atoms with Crippen LogP contribution in [0.3, 0.4) is 0 Å². The van der Waals surface area contributed by atoms with Crippen molar-refractivity contribution >= 4 is 33.4 Å². The maximum absolute atomic E-state index is 11.1. The van der Waals surface area contributed by atoms with Crippen molar-refractivity contribution in [2.75, 3.05) is 18.0 Å². The van der Waals surface area contributed by atoms with Gasteiger partial charge >= 0.3 is 0 Å². The third-order valence-corrected chi connectivity index (χ3v) is 2.67. The molecule has 5 heteroatoms. The van der Waals surface area contributed by atoms with E-state index in [0.717, 1.165) is 10.2 Å². The van der Waals surface area contributed by atoms with Crippen molar-refractivity contribution in [1.82, 2.24) is 5.32 Å². The summed E-state index contributed by atoms with van der Waals surface area (Å²) >= 11 is 3.33. The van der Waals surface area contributed by atoms with Crippen molar-refractivity contribution < 1.29 is 9.59 Å². The van der Waals surface area contributed by atoms with Gasteiger partial charge in [-0.05, 0) is 24.3 Å². The normalized spacial score (nSPS) is 16.5. The van der Waals surface area contributed by atoms with Gasteiger partial charge in [0.25, 0.3) is 0 Å². The fourth-order valence-corrected chi connectivity index (χ4v) is 1.74. The van der Waals surface area contributed by atoms with E-state index in [-0.39, 0.29) is 24.9 Å². The number of anilines is 1. The summed E-state index contributed by atoms with van der Waals surface area (Å²) in [5.74, 6) is -0.511. The molecule has 0 spiro atoms. The van der Waals surface area contributed by atoms with Crippen molar-refractivity contribution in [3.05, 3.63) is 28.7 Å². The average molecular weight is 269 g/mol. The minimum Gasteiger partial charge on any atom is -0.353 e. The zero-order valence-electron chi connectivity index (χ0n) is 7.87. The molecule has 1 aliphatic rings. The van der Waals surface area contributed by atoms with Gasteiger partial charge in [-0.2, -0.15) is 0 Å². The smallest absolute Gasteiger partial charge is 0.246 e. The number of rotatable bonds is 1. The molecule has 1 aliphatic heterocycles. The van der Waals surface area contributed by atoms with Crippen LogP contribution in [0, 0.1) is 0 Å². The molecule has 0 aromatic heterocycles. The predicted molar refractivity (Wildman–Crippen MR) is 59.5 cm³/mol. The highest BCUT2D eigenvalue weighted by Gasteiger charge is 2.22. The number of carbonyl (C=O) groups is 2. The van der Waals surface area contributed by atoms with Gasteiger partial charge in [-0.15, -0.1) is 0 Å². The number of benzene rings is 1. The summed E-state index contributed by atoms with van der Waals surface area (Å²) in [6, 6.07) is 7.50. The Kier molecular flexibility index (Phi) is 2.73. The van der Waals surface area contributed by atoms with E-state index >= 15 is 0 Å². The molecule has 0 radical (unpaired) electrons. The molecule has 1 aromatic carbocycles. The van der Waals surface area contributed by atoms with E-state index in [0.29, 0.717) is 0 Å². The molecule has 2 amide bonds. The van der Waals surface area contributed by atoms with E-state index in [2.05, 4.69) is 21.2 Å². The molecule has 1 saturated heterocycles. The van der Waals surface area contributed by atoms with Crippen LogP contribution in [0.15, 0.2) is 28.7 Å². The van der Waals surface area contributed by atoms with Crippen LogP contribution in [0.1, 0.15) is 0 Å². The van der Waals surface area contributed by atoms with Crippen LogP contribution in [0.2, 0.25) is 0 Å². The van der Waals surface area contributed by atoms with Crippen molar-refractivity contribution in [2.24, 2.45) is 0 Å². The van der Waals surface area contributed by atoms with Crippen LogP contribution in [-0.4, -0.2) is 24.9 Å². The SMILES string of the molecule is O=C1CN(c2ccc(Br)cc2)CC(=O)N1. The molecule has 1 heterocycles. The fourth-order valence-electron chi connectivity index (χ4n) is 1.47. The van der Waals surface area contributed by atoms with Crippen molar-refractivity contribution in [2.45, 2.75) is 0 Å². The van der Waals surface area contributed by atoms with Crippen molar-refractivity contribution in [3.8, 4) is 0 Å². The average Bonchev–Trinajstić information content (AvgIpc) is 2.17. The lowest BCUT2D eigenvalue weighted by molar-refractivity contribution is -0.130. The molecule has 2 rings (SSSR count). The molecule has 1 fully saturated rings. The molecule has 0 unspecified atom stereocenters. The standard InChI is InChI=1S/C10H9BrN2O2/c11-7-1-3-8(4-2-7)13-5-9(14)12-10(15)6-13/h1-4H,5-6H2,(H,12,14,15). The van der Waals surface area contributed by atoms with E-state index in [4.69, 9.17) is 0 Å². The Morgan fingerprint density at radius 3 is 2.13 bits per heavy atom. The van der Waals surface area contributed by atoms with Gasteiger partial charge in [0, 0.05) is 10.2 Å². The Labute approximate surface area is 95.4 Å². The zero-order chi connectivity index (χ0) is 10.8. The maximum atomic E-state index is 11.1. The summed E-state index contributed by atoms with van der Waals surface area (Å²) in [6.07, 6.45) is 0. The highest BCUT2D eigenvalue weighted by atomic mass is 79.9. The summed E-state index contributed by atoms with van der Waals surface area (Å²) < 4.78 is 0.971. The third-order valence-electron chi connectivity index (χ3n) is 2.14. The quantitative estimate of drug-likeness (QED) is 0.771. The number of amides is 2. The lowest BCUT2D eigenvalue weighted by Gasteiger charge is -2.27. The number of imide groups is 1. The Hall–Kier alpha value is -1.36. The first kappa shape index (κ1) is 10.2. The van der Waals surface area contributed by atoms with E-state index in [9.17, 15) is 9.59 Å². The second-order valence-corrected chi connectivity index (χ2v) is 4.22. The minimum absolute atomic E-state index is 0.230. The van der Waals surface area contributed by atoms with Crippen LogP contribution in [0.25, 0.3) is 0 Å². The first-order valence-electron chi connectivity index (χ1n) is 4.48. The Bertz CT molecular complexity index is 386. The topological polar surface area (TPSA) is 49.4 Å². The number of nitrogens with one attached hydrogen (secondary N) is 1. The van der Waals surface area contributed by atoms with Crippen LogP contribution < -0.4 is 10.2 Å². The second-order valence-electron chi connectivity index (χ2n) is 3.30. The molecular formula is C10H9BrN2O2. The fraction of sp³-hybridized carbons (Fsp3) is 0.200. The van der Waals surface area contributed by atoms with Gasteiger partial charge < -0.3 is 4.90 Å². The monoisotopic (exact) mass is 268 g/mol. The lowest BCUT2D eigenvalue weighted by Crippen LogP contribution is -2.51. The van der Waals surface area contributed by atoms with Crippen LogP contribution >= 0.6 is 15.9 Å². The summed E-state index contributed by atoms with van der Waals surface area (Å²) in [5.41, 5.74) is 0.876. The van der Waals surface area contributed by atoms with Gasteiger partial charge in [-0.3, -0.25) is 14.9 Å². The van der Waals surface area contributed by atoms with E-state index in [1.165, 1.54) is 0 Å². The molecule has 0 saturated carbocycles. The summed E-state index contributed by atoms with van der Waals surface area (Å²) in [5, 5.41) is 2.26. The van der Waals surface area contributed by atoms with Gasteiger partial charge in [-0.25, -0.2) is 0 Å². The number of piperazine rings is 1. The minimum atomic E-state index is -0.255. The molecule has 1 N–H and O–H groups in total. The van der Waals surface area contributed by atoms with E-state index < -0.39 is 0 Å². The number of halogens is 1. The first-order valence-corrected chi connectivity index (χ1v) is 5.27.